The zero-order valence-corrected chi connectivity index (χ0v) is 24.7. The van der Waals surface area contributed by atoms with Crippen LogP contribution < -0.4 is 20.7 Å². The van der Waals surface area contributed by atoms with E-state index in [9.17, 15) is 13.2 Å². The van der Waals surface area contributed by atoms with Crippen molar-refractivity contribution in [2.75, 3.05) is 19.6 Å². The van der Waals surface area contributed by atoms with E-state index in [0.717, 1.165) is 32.2 Å². The third-order valence-electron chi connectivity index (χ3n) is 9.07. The molecule has 4 aliphatic rings. The molecule has 1 aromatic carbocycles. The normalized spacial score (nSPS) is 35.5. The number of ether oxygens (including phenoxy) is 1. The topological polar surface area (TPSA) is 112 Å². The summed E-state index contributed by atoms with van der Waals surface area (Å²) in [5.74, 6) is 0.381. The first kappa shape index (κ1) is 29.0. The van der Waals surface area contributed by atoms with Gasteiger partial charge in [0.2, 0.25) is 15.9 Å². The molecule has 1 aliphatic carbocycles. The lowest BCUT2D eigenvalue weighted by atomic mass is 9.87. The molecule has 39 heavy (non-hydrogen) atoms. The van der Waals surface area contributed by atoms with E-state index in [4.69, 9.17) is 4.74 Å². The number of carbonyl (C=O) groups excluding carboxylic acids is 1. The number of nitrogens with one attached hydrogen (secondary N) is 4. The minimum absolute atomic E-state index is 0.0790. The number of amides is 1. The van der Waals surface area contributed by atoms with Crippen molar-refractivity contribution in [3.8, 4) is 0 Å². The Morgan fingerprint density at radius 3 is 2.59 bits per heavy atom. The van der Waals surface area contributed by atoms with Gasteiger partial charge in [-0.25, -0.2) is 8.42 Å². The average molecular weight is 562 g/mol. The van der Waals surface area contributed by atoms with Crippen LogP contribution in [0.3, 0.4) is 0 Å². The molecular weight excluding hydrogens is 514 g/mol. The van der Waals surface area contributed by atoms with E-state index in [2.05, 4.69) is 66.6 Å². The minimum Gasteiger partial charge on any atom is -0.357 e. The molecule has 10 heteroatoms. The lowest BCUT2D eigenvalue weighted by Crippen LogP contribution is -2.64. The van der Waals surface area contributed by atoms with Crippen LogP contribution in [-0.2, 0) is 19.6 Å². The van der Waals surface area contributed by atoms with E-state index < -0.39 is 21.6 Å². The fourth-order valence-corrected chi connectivity index (χ4v) is 8.62. The number of sulfonamides is 1. The second-order valence-corrected chi connectivity index (χ2v) is 14.5. The summed E-state index contributed by atoms with van der Waals surface area (Å²) >= 11 is 0. The second kappa shape index (κ2) is 12.1. The molecule has 7 atom stereocenters. The Kier molecular flexibility index (Phi) is 9.00. The van der Waals surface area contributed by atoms with Crippen LogP contribution in [0.2, 0.25) is 0 Å². The molecule has 0 spiro atoms. The van der Waals surface area contributed by atoms with Crippen LogP contribution in [0.1, 0.15) is 81.5 Å². The maximum atomic E-state index is 14.0. The number of benzene rings is 1. The van der Waals surface area contributed by atoms with Crippen LogP contribution in [0.15, 0.2) is 18.2 Å². The molecule has 3 heterocycles. The van der Waals surface area contributed by atoms with Crippen LogP contribution in [0.5, 0.6) is 0 Å². The minimum atomic E-state index is -3.67. The van der Waals surface area contributed by atoms with Crippen LogP contribution in [-0.4, -0.2) is 68.8 Å². The van der Waals surface area contributed by atoms with Gasteiger partial charge in [-0.3, -0.25) is 15.4 Å². The summed E-state index contributed by atoms with van der Waals surface area (Å²) in [4.78, 5) is 16.1. The Hall–Kier alpha value is -1.56. The van der Waals surface area contributed by atoms with Gasteiger partial charge in [0.25, 0.3) is 0 Å². The number of rotatable bonds is 4. The zero-order valence-electron chi connectivity index (χ0n) is 23.9. The summed E-state index contributed by atoms with van der Waals surface area (Å²) in [6, 6.07) is 6.26. The average Bonchev–Trinajstić information content (AvgIpc) is 3.08. The van der Waals surface area contributed by atoms with Crippen LogP contribution in [0.25, 0.3) is 0 Å². The summed E-state index contributed by atoms with van der Waals surface area (Å²) in [6.45, 7) is 10.6. The van der Waals surface area contributed by atoms with Crippen molar-refractivity contribution < 1.29 is 17.9 Å². The zero-order chi connectivity index (χ0) is 27.7. The Labute approximate surface area is 234 Å². The third-order valence-corrected chi connectivity index (χ3v) is 10.9. The molecule has 1 saturated carbocycles. The maximum absolute atomic E-state index is 14.0. The van der Waals surface area contributed by atoms with E-state index in [1.54, 1.807) is 0 Å². The molecule has 9 nitrogen and oxygen atoms in total. The summed E-state index contributed by atoms with van der Waals surface area (Å²) in [7, 11) is -3.67. The van der Waals surface area contributed by atoms with E-state index in [0.29, 0.717) is 38.3 Å². The van der Waals surface area contributed by atoms with Gasteiger partial charge in [0.15, 0.2) is 0 Å². The smallest absolute Gasteiger partial charge is 0.226 e. The Balaban J connectivity index is 1.48. The van der Waals surface area contributed by atoms with Gasteiger partial charge in [-0.1, -0.05) is 38.5 Å². The summed E-state index contributed by atoms with van der Waals surface area (Å²) in [5, 5.41) is 9.91. The maximum Gasteiger partial charge on any atom is 0.226 e. The lowest BCUT2D eigenvalue weighted by molar-refractivity contribution is -0.142. The van der Waals surface area contributed by atoms with E-state index in [1.165, 1.54) is 16.7 Å². The van der Waals surface area contributed by atoms with Crippen molar-refractivity contribution in [2.24, 2.45) is 11.8 Å². The quantitative estimate of drug-likeness (QED) is 0.447. The summed E-state index contributed by atoms with van der Waals surface area (Å²) in [5.41, 5.74) is 3.52. The highest BCUT2D eigenvalue weighted by molar-refractivity contribution is 7.90. The number of hydrogen-bond donors (Lipinski definition) is 4. The molecule has 4 N–H and O–H groups in total. The highest BCUT2D eigenvalue weighted by atomic mass is 32.2. The predicted molar refractivity (Wildman–Crippen MR) is 152 cm³/mol. The fourth-order valence-electron chi connectivity index (χ4n) is 7.00. The number of nitrogens with zero attached hydrogens (tertiary/aromatic N) is 1. The van der Waals surface area contributed by atoms with Crippen molar-refractivity contribution in [3.63, 3.8) is 0 Å². The van der Waals surface area contributed by atoms with Crippen molar-refractivity contribution in [2.45, 2.75) is 109 Å². The van der Waals surface area contributed by atoms with E-state index in [-0.39, 0.29) is 36.2 Å². The monoisotopic (exact) mass is 561 g/mol. The van der Waals surface area contributed by atoms with Gasteiger partial charge in [-0.2, -0.15) is 4.72 Å². The van der Waals surface area contributed by atoms with Gasteiger partial charge in [-0.05, 0) is 68.6 Å². The van der Waals surface area contributed by atoms with Crippen molar-refractivity contribution in [1.82, 2.24) is 25.6 Å². The molecule has 6 bridgehead atoms. The molecule has 0 aromatic heterocycles. The standard InChI is InChI=1S/C29H47N5O4S/c1-18(2)11-12-22-15-30-16-23-17-34(22)28(35)21-9-6-10-24(13-21)39(36,37)33-29-31-25(14-26(32-29)38-23)27-19(3)7-5-8-20(27)4/h5,7-8,18,21-26,29-33H,6,9-17H2,1-4H3/t21?,22-,23-,24?,25?,26?,29?/m0/s1. The van der Waals surface area contributed by atoms with Gasteiger partial charge >= 0.3 is 0 Å². The molecule has 0 radical (unpaired) electrons. The summed E-state index contributed by atoms with van der Waals surface area (Å²) in [6.07, 6.45) is 3.83. The van der Waals surface area contributed by atoms with Crippen LogP contribution >= 0.6 is 0 Å². The summed E-state index contributed by atoms with van der Waals surface area (Å²) < 4.78 is 36.9. The Morgan fingerprint density at radius 2 is 1.85 bits per heavy atom. The Morgan fingerprint density at radius 1 is 1.08 bits per heavy atom. The van der Waals surface area contributed by atoms with E-state index in [1.807, 2.05) is 4.90 Å². The first-order valence-corrected chi connectivity index (χ1v) is 16.4. The number of fused-ring (bicyclic) bond motifs is 6. The van der Waals surface area contributed by atoms with Gasteiger partial charge in [0, 0.05) is 44.1 Å². The van der Waals surface area contributed by atoms with Crippen LogP contribution in [0.4, 0.5) is 0 Å². The first-order valence-electron chi connectivity index (χ1n) is 14.9. The van der Waals surface area contributed by atoms with Crippen molar-refractivity contribution in [1.29, 1.82) is 0 Å². The Bertz CT molecular complexity index is 1110. The lowest BCUT2D eigenvalue weighted by Gasteiger charge is -2.40. The van der Waals surface area contributed by atoms with Crippen molar-refractivity contribution >= 4 is 15.9 Å². The molecule has 5 rings (SSSR count). The first-order chi connectivity index (χ1) is 18.6. The highest BCUT2D eigenvalue weighted by Crippen LogP contribution is 2.33. The van der Waals surface area contributed by atoms with Gasteiger partial charge in [0.1, 0.15) is 12.5 Å². The van der Waals surface area contributed by atoms with Crippen LogP contribution in [0, 0.1) is 25.7 Å². The van der Waals surface area contributed by atoms with Gasteiger partial charge in [-0.15, -0.1) is 0 Å². The molecule has 1 aromatic rings. The number of carbonyl (C=O) groups is 1. The SMILES string of the molecule is Cc1cccc(C)c1C1CC2NC(N1)NS(=O)(=O)C1CCCC(C1)C(=O)N1C[C@H](CNC[C@@H]1CCC(C)C)O2. The molecule has 3 aliphatic heterocycles. The highest BCUT2D eigenvalue weighted by Gasteiger charge is 2.42. The number of aryl methyl sites for hydroxylation is 2. The predicted octanol–water partition coefficient (Wildman–Crippen LogP) is 2.65. The molecule has 3 saturated heterocycles. The van der Waals surface area contributed by atoms with Gasteiger partial charge < -0.3 is 15.0 Å². The number of hydrogen-bond acceptors (Lipinski definition) is 7. The largest absolute Gasteiger partial charge is 0.357 e. The second-order valence-electron chi connectivity index (χ2n) is 12.5. The van der Waals surface area contributed by atoms with Gasteiger partial charge in [0.05, 0.1) is 11.4 Å². The molecule has 4 fully saturated rings. The fraction of sp³-hybridized carbons (Fsp3) is 0.759. The molecule has 218 valence electrons. The van der Waals surface area contributed by atoms with E-state index >= 15 is 0 Å². The molecule has 1 amide bonds. The molecular formula is C29H47N5O4S. The molecule has 5 unspecified atom stereocenters. The van der Waals surface area contributed by atoms with Crippen molar-refractivity contribution in [3.05, 3.63) is 34.9 Å². The third kappa shape index (κ3) is 6.68.